The van der Waals surface area contributed by atoms with E-state index in [-0.39, 0.29) is 11.3 Å². The zero-order valence-corrected chi connectivity index (χ0v) is 12.4. The number of hydrogen-bond acceptors (Lipinski definition) is 4. The van der Waals surface area contributed by atoms with Gasteiger partial charge in [0.2, 0.25) is 0 Å². The third-order valence-electron chi connectivity index (χ3n) is 2.66. The van der Waals surface area contributed by atoms with Gasteiger partial charge < -0.3 is 4.74 Å². The van der Waals surface area contributed by atoms with Crippen LogP contribution in [0, 0.1) is 5.82 Å². The molecule has 22 heavy (non-hydrogen) atoms. The Morgan fingerprint density at radius 1 is 1.09 bits per heavy atom. The molecule has 0 aromatic heterocycles. The summed E-state index contributed by atoms with van der Waals surface area (Å²) in [6.45, 7) is 0. The van der Waals surface area contributed by atoms with Gasteiger partial charge in [-0.15, -0.1) is 0 Å². The van der Waals surface area contributed by atoms with E-state index in [2.05, 4.69) is 14.2 Å². The molecule has 0 aliphatic carbocycles. The lowest BCUT2D eigenvalue weighted by Crippen LogP contribution is -2.23. The van der Waals surface area contributed by atoms with Crippen molar-refractivity contribution in [2.75, 3.05) is 16.6 Å². The van der Waals surface area contributed by atoms with E-state index in [0.29, 0.717) is 5.69 Å². The summed E-state index contributed by atoms with van der Waals surface area (Å²) in [7, 11) is -2.88. The fourth-order valence-electron chi connectivity index (χ4n) is 1.72. The van der Waals surface area contributed by atoms with Gasteiger partial charge in [-0.05, 0) is 30.3 Å². The molecule has 0 unspecified atom stereocenters. The molecule has 0 fully saturated rings. The van der Waals surface area contributed by atoms with Gasteiger partial charge in [0.05, 0.1) is 24.0 Å². The van der Waals surface area contributed by atoms with Crippen LogP contribution in [-0.2, 0) is 14.9 Å². The first-order chi connectivity index (χ1) is 10.4. The van der Waals surface area contributed by atoms with E-state index in [4.69, 9.17) is 0 Å². The lowest BCUT2D eigenvalue weighted by atomic mass is 10.2. The molecule has 116 valence electrons. The molecule has 6 nitrogen and oxygen atoms in total. The molecule has 0 bridgehead atoms. The van der Waals surface area contributed by atoms with E-state index in [1.807, 2.05) is 0 Å². The molecule has 0 aliphatic heterocycles. The molecule has 0 radical (unpaired) electrons. The van der Waals surface area contributed by atoms with Gasteiger partial charge in [-0.1, -0.05) is 18.2 Å². The molecule has 0 spiro atoms. The minimum Gasteiger partial charge on any atom is -0.465 e. The topological polar surface area (TPSA) is 84.5 Å². The minimum absolute atomic E-state index is 0.0864. The summed E-state index contributed by atoms with van der Waals surface area (Å²) in [5, 5.41) is 0. The van der Waals surface area contributed by atoms with Crippen LogP contribution in [0.3, 0.4) is 0 Å². The summed E-state index contributed by atoms with van der Waals surface area (Å²) in [6, 6.07) is 11.3. The molecule has 0 aliphatic rings. The third kappa shape index (κ3) is 3.95. The molecular weight excluding hydrogens is 311 g/mol. The normalized spacial score (nSPS) is 10.8. The number of ether oxygens (including phenoxy) is 1. The average Bonchev–Trinajstić information content (AvgIpc) is 2.48. The predicted octanol–water partition coefficient (Wildman–Crippen LogP) is 2.38. The van der Waals surface area contributed by atoms with Gasteiger partial charge in [0.25, 0.3) is 0 Å². The van der Waals surface area contributed by atoms with Gasteiger partial charge in [-0.25, -0.2) is 9.18 Å². The van der Waals surface area contributed by atoms with Crippen molar-refractivity contribution in [2.45, 2.75) is 0 Å². The maximum absolute atomic E-state index is 13.2. The zero-order chi connectivity index (χ0) is 16.2. The molecule has 8 heteroatoms. The number of carbonyl (C=O) groups excluding carboxylic acids is 1. The summed E-state index contributed by atoms with van der Waals surface area (Å²) in [5.41, 5.74) is 0.0364. The second-order valence-electron chi connectivity index (χ2n) is 4.26. The molecule has 0 atom stereocenters. The molecule has 0 saturated heterocycles. The lowest BCUT2D eigenvalue weighted by molar-refractivity contribution is 0.0601. The molecule has 2 rings (SSSR count). The first-order valence-corrected chi connectivity index (χ1v) is 7.63. The standard InChI is InChI=1S/C14H13FN2O4S/c1-21-14(18)12-9-10(15)7-8-13(12)17-22(19,20)16-11-5-3-2-4-6-11/h2-9,16-17H,1H3. The molecule has 0 amide bonds. The van der Waals surface area contributed by atoms with Crippen molar-refractivity contribution in [3.05, 3.63) is 59.9 Å². The fourth-order valence-corrected chi connectivity index (χ4v) is 2.68. The maximum atomic E-state index is 13.2. The number of para-hydroxylation sites is 1. The number of esters is 1. The Kier molecular flexibility index (Phi) is 4.62. The SMILES string of the molecule is COC(=O)c1cc(F)ccc1NS(=O)(=O)Nc1ccccc1. The van der Waals surface area contributed by atoms with Crippen molar-refractivity contribution in [1.29, 1.82) is 0 Å². The van der Waals surface area contributed by atoms with Gasteiger partial charge in [0.15, 0.2) is 0 Å². The molecule has 2 aromatic rings. The Morgan fingerprint density at radius 3 is 2.41 bits per heavy atom. The summed E-state index contributed by atoms with van der Waals surface area (Å²) >= 11 is 0. The number of rotatable bonds is 5. The van der Waals surface area contributed by atoms with E-state index in [9.17, 15) is 17.6 Å². The molecule has 2 aromatic carbocycles. The highest BCUT2D eigenvalue weighted by Gasteiger charge is 2.18. The summed E-state index contributed by atoms with van der Waals surface area (Å²) in [5.74, 6) is -1.53. The fraction of sp³-hybridized carbons (Fsp3) is 0.0714. The smallest absolute Gasteiger partial charge is 0.340 e. The minimum atomic E-state index is -3.99. The highest BCUT2D eigenvalue weighted by molar-refractivity contribution is 7.94. The third-order valence-corrected chi connectivity index (χ3v) is 3.65. The Labute approximate surface area is 127 Å². The molecule has 2 N–H and O–H groups in total. The Morgan fingerprint density at radius 2 is 1.77 bits per heavy atom. The number of benzene rings is 2. The van der Waals surface area contributed by atoms with E-state index in [0.717, 1.165) is 25.3 Å². The monoisotopic (exact) mass is 324 g/mol. The summed E-state index contributed by atoms with van der Waals surface area (Å²) in [4.78, 5) is 11.6. The van der Waals surface area contributed by atoms with E-state index in [1.165, 1.54) is 0 Å². The number of halogens is 1. The lowest BCUT2D eigenvalue weighted by Gasteiger charge is -2.13. The van der Waals surface area contributed by atoms with Crippen molar-refractivity contribution in [3.8, 4) is 0 Å². The number of hydrogen-bond donors (Lipinski definition) is 2. The average molecular weight is 324 g/mol. The van der Waals surface area contributed by atoms with Crippen molar-refractivity contribution in [3.63, 3.8) is 0 Å². The largest absolute Gasteiger partial charge is 0.465 e. The second kappa shape index (κ2) is 6.44. The van der Waals surface area contributed by atoms with Crippen molar-refractivity contribution < 1.29 is 22.3 Å². The highest BCUT2D eigenvalue weighted by Crippen LogP contribution is 2.20. The van der Waals surface area contributed by atoms with Crippen LogP contribution in [0.25, 0.3) is 0 Å². The number of nitrogens with one attached hydrogen (secondary N) is 2. The van der Waals surface area contributed by atoms with Crippen LogP contribution in [0.4, 0.5) is 15.8 Å². The van der Waals surface area contributed by atoms with Crippen LogP contribution in [0.5, 0.6) is 0 Å². The molecule has 0 heterocycles. The van der Waals surface area contributed by atoms with Crippen molar-refractivity contribution in [1.82, 2.24) is 0 Å². The van der Waals surface area contributed by atoms with Crippen LogP contribution in [0.1, 0.15) is 10.4 Å². The van der Waals surface area contributed by atoms with Crippen LogP contribution in [0.2, 0.25) is 0 Å². The Bertz CT molecular complexity index is 779. The second-order valence-corrected chi connectivity index (χ2v) is 5.67. The van der Waals surface area contributed by atoms with Gasteiger partial charge in [-0.2, -0.15) is 8.42 Å². The predicted molar refractivity (Wildman–Crippen MR) is 80.3 cm³/mol. The van der Waals surface area contributed by atoms with E-state index in [1.54, 1.807) is 30.3 Å². The van der Waals surface area contributed by atoms with Crippen LogP contribution in [0.15, 0.2) is 48.5 Å². The Hall–Kier alpha value is -2.61. The number of carbonyl (C=O) groups is 1. The van der Waals surface area contributed by atoms with Gasteiger partial charge in [-0.3, -0.25) is 9.44 Å². The highest BCUT2D eigenvalue weighted by atomic mass is 32.2. The van der Waals surface area contributed by atoms with Crippen LogP contribution >= 0.6 is 0 Å². The summed E-state index contributed by atoms with van der Waals surface area (Å²) in [6.07, 6.45) is 0. The van der Waals surface area contributed by atoms with Crippen molar-refractivity contribution >= 4 is 27.6 Å². The summed E-state index contributed by atoms with van der Waals surface area (Å²) < 4.78 is 46.3. The first kappa shape index (κ1) is 15.8. The van der Waals surface area contributed by atoms with Crippen LogP contribution in [-0.4, -0.2) is 21.5 Å². The Balaban J connectivity index is 2.28. The van der Waals surface area contributed by atoms with Gasteiger partial charge >= 0.3 is 16.2 Å². The quantitative estimate of drug-likeness (QED) is 0.827. The van der Waals surface area contributed by atoms with Crippen LogP contribution < -0.4 is 9.44 Å². The van der Waals surface area contributed by atoms with Gasteiger partial charge in [0.1, 0.15) is 5.82 Å². The first-order valence-electron chi connectivity index (χ1n) is 6.15. The van der Waals surface area contributed by atoms with Crippen molar-refractivity contribution in [2.24, 2.45) is 0 Å². The number of anilines is 2. The molecular formula is C14H13FN2O4S. The van der Waals surface area contributed by atoms with Gasteiger partial charge in [0, 0.05) is 0 Å². The maximum Gasteiger partial charge on any atom is 0.340 e. The zero-order valence-electron chi connectivity index (χ0n) is 11.5. The van der Waals surface area contributed by atoms with E-state index >= 15 is 0 Å². The molecule has 0 saturated carbocycles. The van der Waals surface area contributed by atoms with E-state index < -0.39 is 22.0 Å². The number of methoxy groups -OCH3 is 1.